The smallest absolute Gasteiger partial charge is 0.123 e. The zero-order valence-corrected chi connectivity index (χ0v) is 16.8. The molecule has 0 amide bonds. The fourth-order valence-electron chi connectivity index (χ4n) is 3.99. The Morgan fingerprint density at radius 2 is 1.78 bits per heavy atom. The molecule has 1 aliphatic heterocycles. The lowest BCUT2D eigenvalue weighted by atomic mass is 9.96. The first-order chi connectivity index (χ1) is 13.2. The Bertz CT molecular complexity index is 856. The molecule has 0 aromatic heterocycles. The van der Waals surface area contributed by atoms with Crippen molar-refractivity contribution in [2.45, 2.75) is 32.2 Å². The molecular weight excluding hydrogens is 356 g/mol. The van der Waals surface area contributed by atoms with E-state index in [1.54, 1.807) is 19.1 Å². The number of allylic oxidation sites excluding steroid dienone is 2. The Balaban J connectivity index is 1.87. The van der Waals surface area contributed by atoms with Gasteiger partial charge in [0.2, 0.25) is 0 Å². The molecular formula is C22H26N2O2S. The van der Waals surface area contributed by atoms with Crippen molar-refractivity contribution in [3.05, 3.63) is 52.6 Å². The first-order valence-corrected chi connectivity index (χ1v) is 10.4. The number of hydrogen-bond acceptors (Lipinski definition) is 5. The summed E-state index contributed by atoms with van der Waals surface area (Å²) in [4.78, 5) is 4.05. The zero-order chi connectivity index (χ0) is 18.8. The number of rotatable bonds is 5. The predicted molar refractivity (Wildman–Crippen MR) is 113 cm³/mol. The van der Waals surface area contributed by atoms with Crippen LogP contribution in [0.25, 0.3) is 11.1 Å². The third-order valence-electron chi connectivity index (χ3n) is 5.35. The molecule has 2 N–H and O–H groups in total. The number of hydrogen-bond donors (Lipinski definition) is 1. The summed E-state index contributed by atoms with van der Waals surface area (Å²) in [5.74, 6) is 2.55. The summed E-state index contributed by atoms with van der Waals surface area (Å²) >= 11 is 1.98. The lowest BCUT2D eigenvalue weighted by Gasteiger charge is -2.28. The zero-order valence-electron chi connectivity index (χ0n) is 16.0. The Kier molecular flexibility index (Phi) is 5.32. The van der Waals surface area contributed by atoms with Crippen LogP contribution in [-0.4, -0.2) is 20.1 Å². The van der Waals surface area contributed by atoms with E-state index in [1.165, 1.54) is 41.8 Å². The van der Waals surface area contributed by atoms with E-state index < -0.39 is 0 Å². The molecule has 2 aromatic rings. The van der Waals surface area contributed by atoms with Crippen molar-refractivity contribution in [3.8, 4) is 22.6 Å². The number of nitrogens with zero attached hydrogens (tertiary/aromatic N) is 1. The standard InChI is InChI=1S/C22H26N2O2S/c1-25-17-10-16(11-18(12-17)26-2)19-7-5-6-15(13-23)22(19)24-14-27-21-9-4-3-8-20(21)24/h5-7,10-12H,3-4,8-9,13-14,23H2,1-2H3. The molecule has 1 heterocycles. The molecule has 0 unspecified atom stereocenters. The molecule has 0 radical (unpaired) electrons. The van der Waals surface area contributed by atoms with Gasteiger partial charge in [0, 0.05) is 28.8 Å². The summed E-state index contributed by atoms with van der Waals surface area (Å²) in [5.41, 5.74) is 12.3. The highest BCUT2D eigenvalue weighted by atomic mass is 32.2. The fraction of sp³-hybridized carbons (Fsp3) is 0.364. The molecule has 0 fully saturated rings. The van der Waals surface area contributed by atoms with Crippen LogP contribution < -0.4 is 20.1 Å². The lowest BCUT2D eigenvalue weighted by molar-refractivity contribution is 0.394. The molecule has 27 heavy (non-hydrogen) atoms. The van der Waals surface area contributed by atoms with Crippen LogP contribution in [0.3, 0.4) is 0 Å². The van der Waals surface area contributed by atoms with E-state index >= 15 is 0 Å². The highest BCUT2D eigenvalue weighted by molar-refractivity contribution is 8.03. The Labute approximate surface area is 165 Å². The van der Waals surface area contributed by atoms with Gasteiger partial charge in [0.25, 0.3) is 0 Å². The summed E-state index contributed by atoms with van der Waals surface area (Å²) in [5, 5.41) is 0. The number of benzene rings is 2. The highest BCUT2D eigenvalue weighted by Crippen LogP contribution is 2.47. The normalized spacial score (nSPS) is 16.5. The van der Waals surface area contributed by atoms with Gasteiger partial charge in [-0.1, -0.05) is 18.2 Å². The van der Waals surface area contributed by atoms with Gasteiger partial charge >= 0.3 is 0 Å². The van der Waals surface area contributed by atoms with Crippen molar-refractivity contribution >= 4 is 17.4 Å². The van der Waals surface area contributed by atoms with Gasteiger partial charge in [-0.05, 0) is 48.9 Å². The van der Waals surface area contributed by atoms with Crippen molar-refractivity contribution in [2.24, 2.45) is 5.73 Å². The highest BCUT2D eigenvalue weighted by Gasteiger charge is 2.29. The molecule has 2 aromatic carbocycles. The second kappa shape index (κ2) is 7.87. The molecule has 142 valence electrons. The summed E-state index contributed by atoms with van der Waals surface area (Å²) in [7, 11) is 3.37. The van der Waals surface area contributed by atoms with Crippen molar-refractivity contribution in [1.82, 2.24) is 0 Å². The van der Waals surface area contributed by atoms with Gasteiger partial charge < -0.3 is 20.1 Å². The Hall–Kier alpha value is -2.11. The van der Waals surface area contributed by atoms with Crippen LogP contribution in [0.2, 0.25) is 0 Å². The minimum Gasteiger partial charge on any atom is -0.497 e. The third kappa shape index (κ3) is 3.42. The van der Waals surface area contributed by atoms with Crippen LogP contribution in [0.1, 0.15) is 31.2 Å². The number of ether oxygens (including phenoxy) is 2. The first kappa shape index (κ1) is 18.3. The number of anilines is 1. The van der Waals surface area contributed by atoms with Gasteiger partial charge in [0.15, 0.2) is 0 Å². The third-order valence-corrected chi connectivity index (χ3v) is 6.53. The van der Waals surface area contributed by atoms with E-state index in [4.69, 9.17) is 15.2 Å². The van der Waals surface area contributed by atoms with Crippen molar-refractivity contribution in [2.75, 3.05) is 25.0 Å². The number of para-hydroxylation sites is 1. The molecule has 0 bridgehead atoms. The minimum atomic E-state index is 0.522. The van der Waals surface area contributed by atoms with Crippen LogP contribution in [0, 0.1) is 0 Å². The van der Waals surface area contributed by atoms with Crippen LogP contribution in [-0.2, 0) is 6.54 Å². The average Bonchev–Trinajstić information content (AvgIpc) is 3.16. The summed E-state index contributed by atoms with van der Waals surface area (Å²) in [6.07, 6.45) is 4.94. The van der Waals surface area contributed by atoms with Gasteiger partial charge in [0.05, 0.1) is 25.8 Å². The Morgan fingerprint density at radius 3 is 2.48 bits per heavy atom. The molecule has 4 rings (SSSR count). The molecule has 0 atom stereocenters. The van der Waals surface area contributed by atoms with Crippen LogP contribution >= 0.6 is 11.8 Å². The monoisotopic (exact) mass is 382 g/mol. The van der Waals surface area contributed by atoms with Gasteiger partial charge in [-0.15, -0.1) is 11.8 Å². The summed E-state index contributed by atoms with van der Waals surface area (Å²) < 4.78 is 11.0. The largest absolute Gasteiger partial charge is 0.497 e. The van der Waals surface area contributed by atoms with E-state index in [2.05, 4.69) is 35.2 Å². The minimum absolute atomic E-state index is 0.522. The van der Waals surface area contributed by atoms with Crippen molar-refractivity contribution in [3.63, 3.8) is 0 Å². The molecule has 0 saturated carbocycles. The van der Waals surface area contributed by atoms with E-state index in [0.717, 1.165) is 29.4 Å². The maximum Gasteiger partial charge on any atom is 0.123 e. The van der Waals surface area contributed by atoms with Crippen LogP contribution in [0.4, 0.5) is 5.69 Å². The Morgan fingerprint density at radius 1 is 1.04 bits per heavy atom. The second-order valence-electron chi connectivity index (χ2n) is 6.90. The number of thioether (sulfide) groups is 1. The predicted octanol–water partition coefficient (Wildman–Crippen LogP) is 5.13. The van der Waals surface area contributed by atoms with Gasteiger partial charge in [-0.2, -0.15) is 0 Å². The van der Waals surface area contributed by atoms with Gasteiger partial charge in [0.1, 0.15) is 11.5 Å². The van der Waals surface area contributed by atoms with Crippen molar-refractivity contribution < 1.29 is 9.47 Å². The maximum atomic E-state index is 6.15. The fourth-order valence-corrected chi connectivity index (χ4v) is 5.23. The van der Waals surface area contributed by atoms with Gasteiger partial charge in [-0.3, -0.25) is 0 Å². The first-order valence-electron chi connectivity index (χ1n) is 9.43. The molecule has 0 spiro atoms. The molecule has 2 aliphatic rings. The van der Waals surface area contributed by atoms with E-state index in [-0.39, 0.29) is 0 Å². The molecule has 0 saturated heterocycles. The molecule has 1 aliphatic carbocycles. The molecule has 5 heteroatoms. The van der Waals surface area contributed by atoms with E-state index in [1.807, 2.05) is 17.8 Å². The topological polar surface area (TPSA) is 47.7 Å². The average molecular weight is 383 g/mol. The summed E-state index contributed by atoms with van der Waals surface area (Å²) in [6, 6.07) is 12.5. The maximum absolute atomic E-state index is 6.15. The van der Waals surface area contributed by atoms with Crippen LogP contribution in [0.15, 0.2) is 47.0 Å². The van der Waals surface area contributed by atoms with Crippen molar-refractivity contribution in [1.29, 1.82) is 0 Å². The lowest BCUT2D eigenvalue weighted by Crippen LogP contribution is -2.22. The summed E-state index contributed by atoms with van der Waals surface area (Å²) in [6.45, 7) is 0.522. The number of methoxy groups -OCH3 is 2. The van der Waals surface area contributed by atoms with Crippen LogP contribution in [0.5, 0.6) is 11.5 Å². The SMILES string of the molecule is COc1cc(OC)cc(-c2cccc(CN)c2N2CSC3=C2CCCC3)c1. The molecule has 4 nitrogen and oxygen atoms in total. The van der Waals surface area contributed by atoms with E-state index in [0.29, 0.717) is 6.54 Å². The second-order valence-corrected chi connectivity index (χ2v) is 7.94. The van der Waals surface area contributed by atoms with Gasteiger partial charge in [-0.25, -0.2) is 0 Å². The van der Waals surface area contributed by atoms with E-state index in [9.17, 15) is 0 Å². The number of nitrogens with two attached hydrogens (primary N) is 1. The quantitative estimate of drug-likeness (QED) is 0.777.